The third-order valence-corrected chi connectivity index (χ3v) is 4.17. The largest absolute Gasteiger partial charge is 0.395 e. The van der Waals surface area contributed by atoms with Gasteiger partial charge in [0, 0.05) is 30.5 Å². The molecule has 1 aromatic rings. The first-order valence-electron chi connectivity index (χ1n) is 7.91. The van der Waals surface area contributed by atoms with Crippen molar-refractivity contribution >= 4 is 5.82 Å². The average molecular weight is 293 g/mol. The summed E-state index contributed by atoms with van der Waals surface area (Å²) in [5.41, 5.74) is -0.337. The minimum absolute atomic E-state index is 0.0437. The van der Waals surface area contributed by atoms with E-state index in [1.165, 1.54) is 19.3 Å². The number of aliphatic hydroxyl groups is 1. The molecule has 118 valence electrons. The van der Waals surface area contributed by atoms with Gasteiger partial charge in [0.2, 0.25) is 0 Å². The van der Waals surface area contributed by atoms with Crippen LogP contribution in [0.4, 0.5) is 5.82 Å². The van der Waals surface area contributed by atoms with E-state index < -0.39 is 0 Å². The van der Waals surface area contributed by atoms with E-state index in [2.05, 4.69) is 4.98 Å². The molecule has 0 saturated heterocycles. The number of nitrogens with zero attached hydrogens (tertiary/aromatic N) is 3. The van der Waals surface area contributed by atoms with Crippen LogP contribution in [0.1, 0.15) is 52.9 Å². The molecule has 1 heterocycles. The fraction of sp³-hybridized carbons (Fsp3) is 0.750. The molecule has 5 heteroatoms. The summed E-state index contributed by atoms with van der Waals surface area (Å²) in [6.07, 6.45) is 9.22. The Morgan fingerprint density at radius 3 is 2.57 bits per heavy atom. The minimum atomic E-state index is -0.272. The van der Waals surface area contributed by atoms with Crippen LogP contribution in [-0.2, 0) is 5.54 Å². The molecule has 0 atom stereocenters. The quantitative estimate of drug-likeness (QED) is 0.924. The highest BCUT2D eigenvalue weighted by Crippen LogP contribution is 2.25. The summed E-state index contributed by atoms with van der Waals surface area (Å²) in [5, 5.41) is 9.37. The van der Waals surface area contributed by atoms with Gasteiger partial charge in [-0.2, -0.15) is 0 Å². The maximum Gasteiger partial charge on any atom is 0.293 e. The standard InChI is InChI=1S/C16H27N3O2/c1-16(2,3)19-10-9-17-14(15(19)21)18(11-12-20)13-7-5-4-6-8-13/h9-10,13,20H,4-8,11-12H2,1-3H3. The zero-order valence-electron chi connectivity index (χ0n) is 13.4. The number of anilines is 1. The number of aromatic nitrogens is 2. The average Bonchev–Trinajstić information content (AvgIpc) is 2.45. The van der Waals surface area contributed by atoms with Crippen LogP contribution in [0, 0.1) is 0 Å². The van der Waals surface area contributed by atoms with Gasteiger partial charge in [-0.25, -0.2) is 4.98 Å². The van der Waals surface area contributed by atoms with Crippen molar-refractivity contribution in [3.63, 3.8) is 0 Å². The molecular weight excluding hydrogens is 266 g/mol. The maximum absolute atomic E-state index is 12.8. The number of hydrogen-bond acceptors (Lipinski definition) is 4. The van der Waals surface area contributed by atoms with Crippen molar-refractivity contribution in [3.8, 4) is 0 Å². The predicted molar refractivity (Wildman–Crippen MR) is 84.8 cm³/mol. The van der Waals surface area contributed by atoms with Gasteiger partial charge in [0.1, 0.15) is 0 Å². The second-order valence-corrected chi connectivity index (χ2v) is 6.81. The van der Waals surface area contributed by atoms with Gasteiger partial charge in [-0.05, 0) is 33.6 Å². The lowest BCUT2D eigenvalue weighted by Gasteiger charge is -2.35. The Balaban J connectivity index is 2.38. The molecule has 0 radical (unpaired) electrons. The van der Waals surface area contributed by atoms with Gasteiger partial charge in [-0.3, -0.25) is 4.79 Å². The van der Waals surface area contributed by atoms with Gasteiger partial charge >= 0.3 is 0 Å². The lowest BCUT2D eigenvalue weighted by atomic mass is 9.94. The van der Waals surface area contributed by atoms with Crippen molar-refractivity contribution in [2.24, 2.45) is 0 Å². The van der Waals surface area contributed by atoms with Crippen LogP contribution in [0.15, 0.2) is 17.2 Å². The van der Waals surface area contributed by atoms with Gasteiger partial charge in [0.05, 0.1) is 6.61 Å². The molecule has 0 amide bonds. The lowest BCUT2D eigenvalue weighted by Crippen LogP contribution is -2.45. The molecule has 1 aliphatic carbocycles. The van der Waals surface area contributed by atoms with Gasteiger partial charge in [0.15, 0.2) is 5.82 Å². The second kappa shape index (κ2) is 6.60. The summed E-state index contributed by atoms with van der Waals surface area (Å²) >= 11 is 0. The first-order chi connectivity index (χ1) is 9.95. The Hall–Kier alpha value is -1.36. The van der Waals surface area contributed by atoms with E-state index in [0.29, 0.717) is 18.4 Å². The molecule has 5 nitrogen and oxygen atoms in total. The lowest BCUT2D eigenvalue weighted by molar-refractivity contribution is 0.288. The highest BCUT2D eigenvalue weighted by molar-refractivity contribution is 5.37. The summed E-state index contributed by atoms with van der Waals surface area (Å²) in [7, 11) is 0. The first-order valence-corrected chi connectivity index (χ1v) is 7.91. The Morgan fingerprint density at radius 2 is 2.00 bits per heavy atom. The maximum atomic E-state index is 12.8. The van der Waals surface area contributed by atoms with Gasteiger partial charge in [-0.1, -0.05) is 19.3 Å². The molecule has 1 saturated carbocycles. The zero-order valence-corrected chi connectivity index (χ0v) is 13.4. The number of hydrogen-bond donors (Lipinski definition) is 1. The summed E-state index contributed by atoms with van der Waals surface area (Å²) in [5.74, 6) is 0.480. The third kappa shape index (κ3) is 3.64. The molecule has 1 fully saturated rings. The Bertz CT molecular complexity index is 513. The number of rotatable bonds is 4. The molecule has 2 rings (SSSR count). The third-order valence-electron chi connectivity index (χ3n) is 4.17. The van der Waals surface area contributed by atoms with E-state index in [1.54, 1.807) is 17.0 Å². The monoisotopic (exact) mass is 293 g/mol. The van der Waals surface area contributed by atoms with E-state index >= 15 is 0 Å². The minimum Gasteiger partial charge on any atom is -0.395 e. The summed E-state index contributed by atoms with van der Waals surface area (Å²) in [4.78, 5) is 19.1. The fourth-order valence-electron chi connectivity index (χ4n) is 3.09. The van der Waals surface area contributed by atoms with Crippen LogP contribution >= 0.6 is 0 Å². The topological polar surface area (TPSA) is 58.4 Å². The molecule has 0 bridgehead atoms. The Labute approximate surface area is 126 Å². The molecular formula is C16H27N3O2. The van der Waals surface area contributed by atoms with E-state index in [1.807, 2.05) is 25.7 Å². The van der Waals surface area contributed by atoms with Crippen LogP contribution in [0.2, 0.25) is 0 Å². The molecule has 1 N–H and O–H groups in total. The molecule has 0 aliphatic heterocycles. The van der Waals surface area contributed by atoms with Gasteiger partial charge < -0.3 is 14.6 Å². The number of aliphatic hydroxyl groups excluding tert-OH is 1. The fourth-order valence-corrected chi connectivity index (χ4v) is 3.09. The zero-order chi connectivity index (χ0) is 15.5. The van der Waals surface area contributed by atoms with Crippen LogP contribution in [-0.4, -0.2) is 33.9 Å². The highest BCUT2D eigenvalue weighted by Gasteiger charge is 2.26. The Morgan fingerprint density at radius 1 is 1.33 bits per heavy atom. The highest BCUT2D eigenvalue weighted by atomic mass is 16.3. The van der Waals surface area contributed by atoms with Gasteiger partial charge in [-0.15, -0.1) is 0 Å². The van der Waals surface area contributed by atoms with Crippen molar-refractivity contribution in [2.45, 2.75) is 64.5 Å². The van der Waals surface area contributed by atoms with Crippen molar-refractivity contribution in [3.05, 3.63) is 22.7 Å². The molecule has 0 spiro atoms. The normalized spacial score (nSPS) is 17.0. The molecule has 0 unspecified atom stereocenters. The predicted octanol–water partition coefficient (Wildman–Crippen LogP) is 2.13. The van der Waals surface area contributed by atoms with Crippen molar-refractivity contribution in [2.75, 3.05) is 18.1 Å². The van der Waals surface area contributed by atoms with Crippen LogP contribution in [0.5, 0.6) is 0 Å². The first kappa shape index (κ1) is 16.0. The van der Waals surface area contributed by atoms with E-state index in [-0.39, 0.29) is 17.7 Å². The van der Waals surface area contributed by atoms with Crippen molar-refractivity contribution in [1.29, 1.82) is 0 Å². The van der Waals surface area contributed by atoms with Crippen molar-refractivity contribution < 1.29 is 5.11 Å². The van der Waals surface area contributed by atoms with Gasteiger partial charge in [0.25, 0.3) is 5.56 Å². The summed E-state index contributed by atoms with van der Waals surface area (Å²) < 4.78 is 1.72. The molecule has 0 aromatic carbocycles. The smallest absolute Gasteiger partial charge is 0.293 e. The molecule has 1 aliphatic rings. The van der Waals surface area contributed by atoms with E-state index in [9.17, 15) is 9.90 Å². The van der Waals surface area contributed by atoms with Crippen LogP contribution < -0.4 is 10.5 Å². The summed E-state index contributed by atoms with van der Waals surface area (Å²) in [6.45, 7) is 6.54. The van der Waals surface area contributed by atoms with Crippen LogP contribution in [0.3, 0.4) is 0 Å². The Kier molecular flexibility index (Phi) is 5.04. The summed E-state index contributed by atoms with van der Waals surface area (Å²) in [6, 6.07) is 0.321. The second-order valence-electron chi connectivity index (χ2n) is 6.81. The SMILES string of the molecule is CC(C)(C)n1ccnc(N(CCO)C2CCCCC2)c1=O. The molecule has 21 heavy (non-hydrogen) atoms. The van der Waals surface area contributed by atoms with Crippen molar-refractivity contribution in [1.82, 2.24) is 9.55 Å². The van der Waals surface area contributed by atoms with Crippen LogP contribution in [0.25, 0.3) is 0 Å². The molecule has 1 aromatic heterocycles. The van der Waals surface area contributed by atoms with E-state index in [0.717, 1.165) is 12.8 Å². The van der Waals surface area contributed by atoms with E-state index in [4.69, 9.17) is 0 Å².